The molecule has 4 radical (unpaired) electrons. The van der Waals surface area contributed by atoms with Crippen LogP contribution in [0.3, 0.4) is 0 Å². The van der Waals surface area contributed by atoms with Crippen molar-refractivity contribution < 1.29 is 111 Å². The maximum absolute atomic E-state index is 7.86. The molecule has 8 nitrogen and oxygen atoms in total. The number of hydrogen-bond acceptors (Lipinski definition) is 8. The molecule has 8 heterocycles. The van der Waals surface area contributed by atoms with E-state index in [1.165, 1.54) is 74.2 Å². The van der Waals surface area contributed by atoms with Crippen molar-refractivity contribution in [1.29, 1.82) is 0 Å². The molecule has 132 heavy (non-hydrogen) atoms. The van der Waals surface area contributed by atoms with Gasteiger partial charge in [0, 0.05) is 140 Å². The maximum Gasteiger partial charge on any atom is 0.0830 e. The summed E-state index contributed by atoms with van der Waals surface area (Å²) in [5, 5.41) is 5.74. The van der Waals surface area contributed by atoms with Crippen molar-refractivity contribution in [3.8, 4) is 90.1 Å². The first-order valence-corrected chi connectivity index (χ1v) is 57.1. The minimum atomic E-state index is -1.48. The molecule has 8 aromatic heterocycles. The van der Waals surface area contributed by atoms with Crippen LogP contribution in [0.1, 0.15) is 136 Å². The van der Waals surface area contributed by atoms with Crippen molar-refractivity contribution in [2.45, 2.75) is 177 Å². The number of nitrogens with zero attached hydrogens (tertiary/aromatic N) is 8. The first kappa shape index (κ1) is 80.8. The van der Waals surface area contributed by atoms with Crippen LogP contribution in [0.2, 0.25) is 78.6 Å². The van der Waals surface area contributed by atoms with Crippen molar-refractivity contribution in [2.24, 2.45) is 5.92 Å². The Morgan fingerprint density at radius 1 is 0.341 bits per heavy atom. The average Bonchev–Trinajstić information content (AvgIpc) is 1.00. The van der Waals surface area contributed by atoms with Crippen LogP contribution >= 0.6 is 0 Å². The fraction of sp³-hybridized carbons (Fsp3) is 0.241. The van der Waals surface area contributed by atoms with Gasteiger partial charge in [-0.3, -0.25) is 0 Å². The van der Waals surface area contributed by atoms with E-state index in [0.717, 1.165) is 75.0 Å². The first-order chi connectivity index (χ1) is 70.5. The van der Waals surface area contributed by atoms with Gasteiger partial charge in [-0.15, -0.1) is 287 Å². The molecule has 690 valence electrons. The molecule has 1 saturated carbocycles. The zero-order valence-corrected chi connectivity index (χ0v) is 91.9. The van der Waals surface area contributed by atoms with E-state index in [0.29, 0.717) is 28.9 Å². The van der Waals surface area contributed by atoms with Crippen molar-refractivity contribution in [1.82, 2.24) is 39.9 Å². The predicted octanol–water partition coefficient (Wildman–Crippen LogP) is 27.7. The van der Waals surface area contributed by atoms with Crippen LogP contribution in [0.4, 0.5) is 0 Å². The molecule has 0 bridgehead atoms. The zero-order valence-electron chi connectivity index (χ0n) is 100. The van der Waals surface area contributed by atoms with Crippen LogP contribution in [0.5, 0.6) is 0 Å². The molecule has 8 aromatic carbocycles. The minimum Gasteiger partial charge on any atom is -0.305 e. The summed E-state index contributed by atoms with van der Waals surface area (Å²) in [6, 6.07) is 70.4. The molecule has 16 aromatic rings. The third-order valence-electron chi connectivity index (χ3n) is 20.3. The predicted molar refractivity (Wildman–Crippen MR) is 553 cm³/mol. The normalized spacial score (nSPS) is 13.7. The van der Waals surface area contributed by atoms with Gasteiger partial charge in [-0.2, -0.15) is 0 Å². The molecule has 1 aliphatic carbocycles. The molecule has 0 unspecified atom stereocenters. The van der Waals surface area contributed by atoms with Crippen LogP contribution in [-0.2, 0) is 93.3 Å². The Kier molecular flexibility index (Phi) is 34.3. The molecule has 0 aliphatic heterocycles. The van der Waals surface area contributed by atoms with Gasteiger partial charge in [-0.25, -0.2) is 0 Å². The van der Waals surface area contributed by atoms with Crippen molar-refractivity contribution >= 4 is 53.0 Å². The van der Waals surface area contributed by atoms with E-state index in [-0.39, 0.29) is 139 Å². The second-order valence-electron chi connectivity index (χ2n) is 35.4. The van der Waals surface area contributed by atoms with Crippen LogP contribution < -0.4 is 20.7 Å². The second-order valence-corrected chi connectivity index (χ2v) is 55.5. The summed E-state index contributed by atoms with van der Waals surface area (Å²) >= 11 is 0. The molecule has 0 saturated heterocycles. The molecule has 0 amide bonds. The number of aromatic nitrogens is 8. The summed E-state index contributed by atoms with van der Waals surface area (Å²) in [5.41, 5.74) is 18.1. The molecule has 1 fully saturated rings. The standard InChI is InChI=1S/C19H24NSi.C18H24NSi.C17H22NSi.C16H20NSi.2C12H10N.2C11H8N.4Ir/c1-21(2,3)19-14-20-18(16-11-5-4-6-12-16)13-17(19)15-9-7-8-10-15;1-14(2)11-16-12-17(15-9-7-6-8-10-15)19-13-18(16)20(3,4)5;1-13(2)15-11-16(14-9-7-6-8-10-14)18-12-17(15)19(3,4)5;1-5-13-11-15(14-9-7-6-8-10-14)17-12-16(13)18(2,3)4;1-10-6-5-9-12(13-10)11-7-3-2-4-8-11;1-10-7-8-12(13-9-10)11-5-3-2-4-6-11;2*1-2-6-10(7-3-1)11-8-4-5-9-12-11;;;;/h4-6,11,13-15H,7-10H2,1-3H3;6-9,12-14H,11H2,1-5H3;6-9,11-13H,1-5H3;6-9,11-12H,5H2,1-4H3;2-7,9H,1H3;2-5,7-9H,1H3;2*1-6,8-9H;;;;/q8*-1;;;;/i4D,5D,6D;6D,7D,8D;;;;;2*1D,2D,3D,4D,5D,6D,8D,9D;;;;. The van der Waals surface area contributed by atoms with E-state index in [9.17, 15) is 0 Å². The second kappa shape index (κ2) is 55.9. The molecular formula is C116H126Ir4N8Si4-8. The molecule has 0 atom stereocenters. The van der Waals surface area contributed by atoms with E-state index >= 15 is 0 Å². The van der Waals surface area contributed by atoms with Gasteiger partial charge in [0.15, 0.2) is 0 Å². The monoisotopic (exact) mass is 2540 g/mol. The molecule has 1 aliphatic rings. The molecule has 17 rings (SSSR count). The number of hydrogen-bond donors (Lipinski definition) is 0. The Morgan fingerprint density at radius 3 is 1.14 bits per heavy atom. The molecule has 0 N–H and O–H groups in total. The third-order valence-corrected chi connectivity index (χ3v) is 28.5. The fourth-order valence-corrected chi connectivity index (χ4v) is 20.4. The minimum absolute atomic E-state index is 0. The van der Waals surface area contributed by atoms with E-state index < -0.39 is 129 Å². The van der Waals surface area contributed by atoms with Gasteiger partial charge in [0.25, 0.3) is 0 Å². The maximum atomic E-state index is 7.86. The van der Waals surface area contributed by atoms with Crippen LogP contribution in [0, 0.1) is 68.3 Å². The van der Waals surface area contributed by atoms with E-state index in [1.54, 1.807) is 12.1 Å². The van der Waals surface area contributed by atoms with Crippen molar-refractivity contribution in [3.05, 3.63) is 410 Å². The number of aryl methyl sites for hydroxylation is 3. The first-order valence-electron chi connectivity index (χ1n) is 54.1. The number of pyridine rings is 8. The molecule has 0 spiro atoms. The van der Waals surface area contributed by atoms with Gasteiger partial charge in [0.2, 0.25) is 0 Å². The molecular weight excluding hydrogens is 2390 g/mol. The Morgan fingerprint density at radius 2 is 0.727 bits per heavy atom. The smallest absolute Gasteiger partial charge is 0.0830 e. The Balaban J connectivity index is 0.000000269. The average molecular weight is 2540 g/mol. The quantitative estimate of drug-likeness (QED) is 0.0656. The summed E-state index contributed by atoms with van der Waals surface area (Å²) in [5.74, 6) is 1.69. The Bertz CT molecular complexity index is 7110. The Hall–Kier alpha value is -9.58. The number of benzene rings is 8. The summed E-state index contributed by atoms with van der Waals surface area (Å²) < 4.78 is 167. The summed E-state index contributed by atoms with van der Waals surface area (Å²) in [6.07, 6.45) is 16.1. The zero-order chi connectivity index (χ0) is 111. The van der Waals surface area contributed by atoms with Gasteiger partial charge in [0.05, 0.1) is 43.3 Å². The van der Waals surface area contributed by atoms with Gasteiger partial charge in [-0.05, 0) is 156 Å². The summed E-state index contributed by atoms with van der Waals surface area (Å²) in [4.78, 5) is 34.6. The number of rotatable bonds is 17. The summed E-state index contributed by atoms with van der Waals surface area (Å²) in [7, 11) is -5.59. The van der Waals surface area contributed by atoms with Crippen molar-refractivity contribution in [2.75, 3.05) is 0 Å². The van der Waals surface area contributed by atoms with Gasteiger partial charge < -0.3 is 39.9 Å². The van der Waals surface area contributed by atoms with Gasteiger partial charge in [-0.1, -0.05) is 221 Å². The topological polar surface area (TPSA) is 103 Å². The SMILES string of the molecule is CC(C)c1cc(-c2[c-]cccc2)ncc1[Si](C)(C)C.CCc1cc(-c2[c-]cccc2)ncc1[Si](C)(C)C.Cc1ccc(-c2[c-]cccc2)nc1.Cc1cccc(-c2[c-]cccc2)n1.[2H]c1[c-]c(-c2cc(C3CCCC3)c([Si](C)(C)C)cn2)cc([2H])c1[2H].[2H]c1[c-]c(-c2cc(CC(C)C)c([Si](C)(C)C)cn2)cc([2H])c1[2H].[2H]c1[c-]c(-c2nc([2H])c([2H])c([2H])c2[2H])c([2H])c([2H])c1[2H].[2H]c1[c-]c(-c2nc([2H])c([2H])c([2H])c2[2H])c([2H])c([2H])c1[2H].[Ir].[Ir].[Ir].[Ir]. The van der Waals surface area contributed by atoms with Crippen LogP contribution in [0.15, 0.2) is 328 Å². The van der Waals surface area contributed by atoms with Crippen molar-refractivity contribution in [3.63, 3.8) is 0 Å². The van der Waals surface area contributed by atoms with Gasteiger partial charge in [0.1, 0.15) is 0 Å². The van der Waals surface area contributed by atoms with E-state index in [2.05, 4.69) is 256 Å². The van der Waals surface area contributed by atoms with Crippen LogP contribution in [0.25, 0.3) is 90.1 Å². The van der Waals surface area contributed by atoms with Crippen LogP contribution in [-0.4, -0.2) is 72.2 Å². The summed E-state index contributed by atoms with van der Waals surface area (Å²) in [6.45, 7) is 43.5. The van der Waals surface area contributed by atoms with E-state index in [4.69, 9.17) is 30.2 Å². The molecule has 16 heteroatoms. The third kappa shape index (κ3) is 35.7. The fourth-order valence-electron chi connectivity index (χ4n) is 13.9. The van der Waals surface area contributed by atoms with E-state index in [1.807, 2.05) is 142 Å². The Labute approximate surface area is 880 Å². The largest absolute Gasteiger partial charge is 0.305 e. The van der Waals surface area contributed by atoms with Gasteiger partial charge >= 0.3 is 0 Å².